The highest BCUT2D eigenvalue weighted by atomic mass is 35.5. The number of nitrogens with zero attached hydrogens (tertiary/aromatic N) is 2. The molecule has 3 aromatic rings. The molecule has 8 heteroatoms. The van der Waals surface area contributed by atoms with Crippen molar-refractivity contribution in [3.05, 3.63) is 70.5 Å². The van der Waals surface area contributed by atoms with E-state index >= 15 is 0 Å². The van der Waals surface area contributed by atoms with Gasteiger partial charge >= 0.3 is 5.97 Å². The summed E-state index contributed by atoms with van der Waals surface area (Å²) in [5.41, 5.74) is 1.18. The van der Waals surface area contributed by atoms with Crippen LogP contribution in [0.15, 0.2) is 54.9 Å². The van der Waals surface area contributed by atoms with Gasteiger partial charge in [0, 0.05) is 6.07 Å². The third kappa shape index (κ3) is 3.99. The number of hydrogen-bond acceptors (Lipinski definition) is 5. The molecule has 0 radical (unpaired) electrons. The Morgan fingerprint density at radius 2 is 1.56 bits per heavy atom. The van der Waals surface area contributed by atoms with Crippen LogP contribution in [0.4, 0.5) is 23.0 Å². The molecule has 0 aliphatic heterocycles. The van der Waals surface area contributed by atoms with E-state index in [2.05, 4.69) is 20.6 Å². The van der Waals surface area contributed by atoms with Gasteiger partial charge in [-0.1, -0.05) is 41.4 Å². The predicted octanol–water partition coefficient (Wildman–Crippen LogP) is 4.97. The van der Waals surface area contributed by atoms with Gasteiger partial charge in [0.1, 0.15) is 18.0 Å². The van der Waals surface area contributed by atoms with E-state index in [4.69, 9.17) is 23.2 Å². The maximum absolute atomic E-state index is 11.3. The van der Waals surface area contributed by atoms with Crippen LogP contribution in [0.25, 0.3) is 0 Å². The first-order valence-corrected chi connectivity index (χ1v) is 7.92. The summed E-state index contributed by atoms with van der Waals surface area (Å²) in [7, 11) is 0. The number of para-hydroxylation sites is 1. The van der Waals surface area contributed by atoms with Gasteiger partial charge in [-0.2, -0.15) is 0 Å². The number of nitrogens with one attached hydrogen (secondary N) is 2. The number of halogens is 2. The molecule has 0 saturated heterocycles. The third-order valence-corrected chi connectivity index (χ3v) is 4.12. The highest BCUT2D eigenvalue weighted by Gasteiger charge is 2.10. The Balaban J connectivity index is 1.85. The van der Waals surface area contributed by atoms with Crippen LogP contribution in [0, 0.1) is 0 Å². The highest BCUT2D eigenvalue weighted by molar-refractivity contribution is 6.43. The first-order valence-electron chi connectivity index (χ1n) is 7.17. The van der Waals surface area contributed by atoms with Gasteiger partial charge in [0.25, 0.3) is 0 Å². The highest BCUT2D eigenvalue weighted by Crippen LogP contribution is 2.31. The predicted molar refractivity (Wildman–Crippen MR) is 98.5 cm³/mol. The van der Waals surface area contributed by atoms with Crippen molar-refractivity contribution in [1.29, 1.82) is 0 Å². The van der Waals surface area contributed by atoms with Crippen molar-refractivity contribution < 1.29 is 9.90 Å². The van der Waals surface area contributed by atoms with Crippen LogP contribution < -0.4 is 10.6 Å². The number of carboxylic acid groups (broad SMARTS) is 1. The zero-order valence-corrected chi connectivity index (χ0v) is 14.2. The molecule has 0 spiro atoms. The lowest BCUT2D eigenvalue weighted by atomic mass is 10.2. The van der Waals surface area contributed by atoms with Gasteiger partial charge in [-0.15, -0.1) is 0 Å². The van der Waals surface area contributed by atoms with E-state index in [9.17, 15) is 9.90 Å². The fourth-order valence-electron chi connectivity index (χ4n) is 2.15. The fourth-order valence-corrected chi connectivity index (χ4v) is 2.50. The van der Waals surface area contributed by atoms with Crippen molar-refractivity contribution in [2.24, 2.45) is 0 Å². The van der Waals surface area contributed by atoms with E-state index < -0.39 is 5.97 Å². The number of anilines is 4. The van der Waals surface area contributed by atoms with E-state index in [1.165, 1.54) is 12.4 Å². The fraction of sp³-hybridized carbons (Fsp3) is 0. The second kappa shape index (κ2) is 7.38. The molecule has 1 heterocycles. The molecule has 0 atom stereocenters. The molecule has 0 unspecified atom stereocenters. The lowest BCUT2D eigenvalue weighted by Gasteiger charge is -2.11. The summed E-state index contributed by atoms with van der Waals surface area (Å²) in [4.78, 5) is 19.5. The van der Waals surface area contributed by atoms with Gasteiger partial charge in [-0.25, -0.2) is 14.8 Å². The minimum Gasteiger partial charge on any atom is -0.478 e. The topological polar surface area (TPSA) is 87.1 Å². The van der Waals surface area contributed by atoms with Crippen LogP contribution in [0.1, 0.15) is 10.4 Å². The second-order valence-electron chi connectivity index (χ2n) is 4.99. The number of carbonyl (C=O) groups is 1. The molecule has 2 aromatic carbocycles. The van der Waals surface area contributed by atoms with Gasteiger partial charge in [0.2, 0.25) is 0 Å². The van der Waals surface area contributed by atoms with Crippen molar-refractivity contribution in [2.45, 2.75) is 0 Å². The third-order valence-electron chi connectivity index (χ3n) is 3.30. The number of rotatable bonds is 5. The molecule has 3 N–H and O–H groups in total. The molecular weight excluding hydrogens is 363 g/mol. The summed E-state index contributed by atoms with van der Waals surface area (Å²) in [6, 6.07) is 13.4. The first-order chi connectivity index (χ1) is 12.0. The Labute approximate surface area is 153 Å². The van der Waals surface area contributed by atoms with Crippen LogP contribution in [0.3, 0.4) is 0 Å². The smallest absolute Gasteiger partial charge is 0.337 e. The van der Waals surface area contributed by atoms with Gasteiger partial charge in [0.15, 0.2) is 0 Å². The normalized spacial score (nSPS) is 10.3. The Kier molecular flexibility index (Phi) is 5.02. The van der Waals surface area contributed by atoms with E-state index in [-0.39, 0.29) is 5.56 Å². The van der Waals surface area contributed by atoms with Gasteiger partial charge in [-0.3, -0.25) is 0 Å². The average molecular weight is 375 g/mol. The molecule has 6 nitrogen and oxygen atoms in total. The molecule has 126 valence electrons. The van der Waals surface area contributed by atoms with E-state index in [1.54, 1.807) is 42.5 Å². The van der Waals surface area contributed by atoms with Crippen molar-refractivity contribution in [3.8, 4) is 0 Å². The lowest BCUT2D eigenvalue weighted by Crippen LogP contribution is -2.04. The average Bonchev–Trinajstić information content (AvgIpc) is 2.60. The summed E-state index contributed by atoms with van der Waals surface area (Å²) in [5, 5.41) is 16.1. The zero-order valence-electron chi connectivity index (χ0n) is 12.7. The number of hydrogen-bond donors (Lipinski definition) is 3. The maximum Gasteiger partial charge on any atom is 0.337 e. The SMILES string of the molecule is O=C(O)c1ccccc1Nc1cc(Nc2cccc(Cl)c2Cl)ncn1. The summed E-state index contributed by atoms with van der Waals surface area (Å²) >= 11 is 12.1. The lowest BCUT2D eigenvalue weighted by molar-refractivity contribution is 0.0698. The van der Waals surface area contributed by atoms with Crippen LogP contribution in [0.5, 0.6) is 0 Å². The van der Waals surface area contributed by atoms with Crippen molar-refractivity contribution >= 4 is 52.2 Å². The molecule has 3 rings (SSSR count). The summed E-state index contributed by atoms with van der Waals surface area (Å²) in [5.74, 6) is -0.111. The Morgan fingerprint density at radius 1 is 0.920 bits per heavy atom. The molecule has 0 aliphatic carbocycles. The number of aromatic carboxylic acids is 1. The number of aromatic nitrogens is 2. The molecule has 0 aliphatic rings. The minimum atomic E-state index is -1.03. The monoisotopic (exact) mass is 374 g/mol. The number of carboxylic acids is 1. The molecule has 0 bridgehead atoms. The Hall–Kier alpha value is -2.83. The van der Waals surface area contributed by atoms with Crippen LogP contribution >= 0.6 is 23.2 Å². The molecule has 1 aromatic heterocycles. The van der Waals surface area contributed by atoms with Crippen LogP contribution in [0.2, 0.25) is 10.0 Å². The van der Waals surface area contributed by atoms with Crippen LogP contribution in [-0.2, 0) is 0 Å². The maximum atomic E-state index is 11.3. The Bertz CT molecular complexity index is 934. The largest absolute Gasteiger partial charge is 0.478 e. The van der Waals surface area contributed by atoms with Gasteiger partial charge < -0.3 is 15.7 Å². The quantitative estimate of drug-likeness (QED) is 0.584. The Morgan fingerprint density at radius 3 is 2.28 bits per heavy atom. The molecule has 25 heavy (non-hydrogen) atoms. The summed E-state index contributed by atoms with van der Waals surface area (Å²) in [6.45, 7) is 0. The number of benzene rings is 2. The molecular formula is C17H12Cl2N4O2. The first kappa shape index (κ1) is 17.0. The second-order valence-corrected chi connectivity index (χ2v) is 5.78. The molecule has 0 amide bonds. The van der Waals surface area contributed by atoms with Crippen molar-refractivity contribution in [2.75, 3.05) is 10.6 Å². The van der Waals surface area contributed by atoms with E-state index in [0.717, 1.165) is 0 Å². The summed E-state index contributed by atoms with van der Waals surface area (Å²) < 4.78 is 0. The van der Waals surface area contributed by atoms with Gasteiger partial charge in [0.05, 0.1) is 27.0 Å². The molecule has 0 saturated carbocycles. The minimum absolute atomic E-state index is 0.147. The zero-order chi connectivity index (χ0) is 17.8. The summed E-state index contributed by atoms with van der Waals surface area (Å²) in [6.07, 6.45) is 1.35. The van der Waals surface area contributed by atoms with E-state index in [0.29, 0.717) is 33.1 Å². The van der Waals surface area contributed by atoms with Crippen molar-refractivity contribution in [1.82, 2.24) is 9.97 Å². The standard InChI is InChI=1S/C17H12Cl2N4O2/c18-11-5-3-7-13(16(11)19)23-15-8-14(20-9-21-15)22-12-6-2-1-4-10(12)17(24)25/h1-9H,(H,24,25)(H2,20,21,22,23). The molecule has 0 fully saturated rings. The van der Waals surface area contributed by atoms with Crippen molar-refractivity contribution in [3.63, 3.8) is 0 Å². The van der Waals surface area contributed by atoms with Gasteiger partial charge in [-0.05, 0) is 24.3 Å². The van der Waals surface area contributed by atoms with Crippen LogP contribution in [-0.4, -0.2) is 21.0 Å². The van der Waals surface area contributed by atoms with E-state index in [1.807, 2.05) is 0 Å².